The van der Waals surface area contributed by atoms with Crippen molar-refractivity contribution < 1.29 is 0 Å². The first kappa shape index (κ1) is 23.4. The van der Waals surface area contributed by atoms with E-state index >= 15 is 0 Å². The fraction of sp³-hybridized carbons (Fsp3) is 0.857. The van der Waals surface area contributed by atoms with E-state index in [-0.39, 0.29) is 24.0 Å². The van der Waals surface area contributed by atoms with Gasteiger partial charge < -0.3 is 15.2 Å². The fourth-order valence-corrected chi connectivity index (χ4v) is 4.49. The van der Waals surface area contributed by atoms with Gasteiger partial charge in [0, 0.05) is 19.6 Å². The zero-order valence-electron chi connectivity index (χ0n) is 18.1. The van der Waals surface area contributed by atoms with Crippen molar-refractivity contribution in [3.8, 4) is 0 Å². The number of halogens is 1. The van der Waals surface area contributed by atoms with Gasteiger partial charge in [-0.15, -0.1) is 34.2 Å². The molecule has 7 heteroatoms. The van der Waals surface area contributed by atoms with Crippen LogP contribution in [0.5, 0.6) is 0 Å². The van der Waals surface area contributed by atoms with Gasteiger partial charge in [-0.25, -0.2) is 4.99 Å². The molecule has 0 amide bonds. The third-order valence-electron chi connectivity index (χ3n) is 6.68. The molecule has 0 saturated heterocycles. The van der Waals surface area contributed by atoms with Crippen molar-refractivity contribution in [1.29, 1.82) is 0 Å². The zero-order valence-corrected chi connectivity index (χ0v) is 20.5. The molecule has 1 heterocycles. The van der Waals surface area contributed by atoms with E-state index < -0.39 is 0 Å². The SMILES string of the molecule is Cc1nnc(CN=C(NCC(C)(C)C2CCCC2)NC2CCCCC2)n1C.I. The first-order chi connectivity index (χ1) is 13.0. The Balaban J connectivity index is 0.00000280. The number of aryl methyl sites for hydroxylation is 1. The molecule has 3 rings (SSSR count). The Morgan fingerprint density at radius 2 is 1.71 bits per heavy atom. The lowest BCUT2D eigenvalue weighted by Gasteiger charge is -2.33. The van der Waals surface area contributed by atoms with Crippen LogP contribution in [0.2, 0.25) is 0 Å². The molecule has 2 N–H and O–H groups in total. The minimum atomic E-state index is 0. The largest absolute Gasteiger partial charge is 0.356 e. The van der Waals surface area contributed by atoms with Gasteiger partial charge in [0.25, 0.3) is 0 Å². The standard InChI is InChI=1S/C21H38N6.HI/c1-16-25-26-19(27(16)4)14-22-20(24-18-12-6-5-7-13-18)23-15-21(2,3)17-10-8-9-11-17;/h17-18H,5-15H2,1-4H3,(H2,22,23,24);1H. The Labute approximate surface area is 187 Å². The highest BCUT2D eigenvalue weighted by Gasteiger charge is 2.32. The molecule has 0 aliphatic heterocycles. The van der Waals surface area contributed by atoms with E-state index in [9.17, 15) is 0 Å². The second kappa shape index (κ2) is 10.8. The topological polar surface area (TPSA) is 67.1 Å². The zero-order chi connectivity index (χ0) is 19.3. The molecule has 2 aliphatic carbocycles. The van der Waals surface area contributed by atoms with Crippen molar-refractivity contribution >= 4 is 29.9 Å². The maximum atomic E-state index is 4.86. The summed E-state index contributed by atoms with van der Waals surface area (Å²) < 4.78 is 2.02. The summed E-state index contributed by atoms with van der Waals surface area (Å²) in [6, 6.07) is 0.542. The quantitative estimate of drug-likeness (QED) is 0.345. The fourth-order valence-electron chi connectivity index (χ4n) is 4.49. The predicted octanol–water partition coefficient (Wildman–Crippen LogP) is 4.33. The van der Waals surface area contributed by atoms with Crippen LogP contribution in [0.1, 0.15) is 83.3 Å². The number of hydrogen-bond acceptors (Lipinski definition) is 3. The van der Waals surface area contributed by atoms with Gasteiger partial charge in [0.15, 0.2) is 11.8 Å². The van der Waals surface area contributed by atoms with Gasteiger partial charge in [0.2, 0.25) is 0 Å². The third-order valence-corrected chi connectivity index (χ3v) is 6.68. The van der Waals surface area contributed by atoms with Crippen LogP contribution in [0, 0.1) is 18.3 Å². The van der Waals surface area contributed by atoms with Gasteiger partial charge in [-0.3, -0.25) is 0 Å². The lowest BCUT2D eigenvalue weighted by Crippen LogP contribution is -2.48. The Kier molecular flexibility index (Phi) is 9.02. The molecule has 0 spiro atoms. The van der Waals surface area contributed by atoms with E-state index in [4.69, 9.17) is 4.99 Å². The first-order valence-electron chi connectivity index (χ1n) is 10.9. The van der Waals surface area contributed by atoms with Crippen molar-refractivity contribution in [3.63, 3.8) is 0 Å². The van der Waals surface area contributed by atoms with Crippen molar-refractivity contribution in [1.82, 2.24) is 25.4 Å². The summed E-state index contributed by atoms with van der Waals surface area (Å²) in [6.07, 6.45) is 12.0. The molecule has 6 nitrogen and oxygen atoms in total. The Hall–Kier alpha value is -0.860. The molecule has 1 aromatic heterocycles. The molecule has 0 unspecified atom stereocenters. The molecule has 160 valence electrons. The van der Waals surface area contributed by atoms with Gasteiger partial charge in [0.1, 0.15) is 12.4 Å². The van der Waals surface area contributed by atoms with E-state index in [0.717, 1.165) is 30.1 Å². The van der Waals surface area contributed by atoms with Crippen molar-refractivity contribution in [2.24, 2.45) is 23.4 Å². The molecular formula is C21H39IN6. The summed E-state index contributed by atoms with van der Waals surface area (Å²) in [7, 11) is 2.01. The Morgan fingerprint density at radius 1 is 1.07 bits per heavy atom. The van der Waals surface area contributed by atoms with E-state index in [1.165, 1.54) is 57.8 Å². The van der Waals surface area contributed by atoms with Gasteiger partial charge in [-0.05, 0) is 43.9 Å². The second-order valence-corrected chi connectivity index (χ2v) is 9.19. The average Bonchev–Trinajstić information content (AvgIpc) is 3.31. The molecule has 1 aromatic rings. The van der Waals surface area contributed by atoms with Crippen LogP contribution in [-0.2, 0) is 13.6 Å². The van der Waals surface area contributed by atoms with Crippen molar-refractivity contribution in [2.75, 3.05) is 6.54 Å². The summed E-state index contributed by atoms with van der Waals surface area (Å²) >= 11 is 0. The van der Waals surface area contributed by atoms with Crippen LogP contribution < -0.4 is 10.6 Å². The maximum absolute atomic E-state index is 4.86. The van der Waals surface area contributed by atoms with Crippen molar-refractivity contribution in [3.05, 3.63) is 11.6 Å². The molecule has 0 radical (unpaired) electrons. The molecule has 2 aliphatic rings. The third kappa shape index (κ3) is 6.32. The number of guanidine groups is 1. The van der Waals surface area contributed by atoms with Crippen LogP contribution in [0.25, 0.3) is 0 Å². The maximum Gasteiger partial charge on any atom is 0.191 e. The normalized spacial score (nSPS) is 19.5. The summed E-state index contributed by atoms with van der Waals surface area (Å²) in [4.78, 5) is 4.86. The highest BCUT2D eigenvalue weighted by atomic mass is 127. The van der Waals surface area contributed by atoms with Gasteiger partial charge >= 0.3 is 0 Å². The number of hydrogen-bond donors (Lipinski definition) is 2. The van der Waals surface area contributed by atoms with Crippen LogP contribution in [0.3, 0.4) is 0 Å². The predicted molar refractivity (Wildman–Crippen MR) is 126 cm³/mol. The van der Waals surface area contributed by atoms with Crippen LogP contribution in [0.15, 0.2) is 4.99 Å². The molecule has 0 bridgehead atoms. The number of rotatable bonds is 6. The summed E-state index contributed by atoms with van der Waals surface area (Å²) in [5, 5.41) is 15.8. The summed E-state index contributed by atoms with van der Waals surface area (Å²) in [5.41, 5.74) is 0.298. The molecule has 28 heavy (non-hydrogen) atoms. The molecule has 2 saturated carbocycles. The lowest BCUT2D eigenvalue weighted by atomic mass is 9.78. The van der Waals surface area contributed by atoms with Crippen LogP contribution in [0.4, 0.5) is 0 Å². The van der Waals surface area contributed by atoms with Crippen LogP contribution >= 0.6 is 24.0 Å². The molecule has 0 atom stereocenters. The molecule has 2 fully saturated rings. The molecular weight excluding hydrogens is 463 g/mol. The van der Waals surface area contributed by atoms with E-state index in [1.807, 2.05) is 18.5 Å². The van der Waals surface area contributed by atoms with Crippen molar-refractivity contribution in [2.45, 2.75) is 91.1 Å². The number of nitrogens with zero attached hydrogens (tertiary/aromatic N) is 4. The highest BCUT2D eigenvalue weighted by Crippen LogP contribution is 2.39. The minimum Gasteiger partial charge on any atom is -0.356 e. The van der Waals surface area contributed by atoms with Gasteiger partial charge in [-0.1, -0.05) is 46.0 Å². The summed E-state index contributed by atoms with van der Waals surface area (Å²) in [6.45, 7) is 8.31. The Morgan fingerprint density at radius 3 is 2.32 bits per heavy atom. The molecule has 0 aromatic carbocycles. The van der Waals surface area contributed by atoms with Crippen LogP contribution in [-0.4, -0.2) is 33.3 Å². The number of aromatic nitrogens is 3. The first-order valence-corrected chi connectivity index (χ1v) is 10.9. The lowest BCUT2D eigenvalue weighted by molar-refractivity contribution is 0.217. The second-order valence-electron chi connectivity index (χ2n) is 9.19. The number of aliphatic imine (C=N–C) groups is 1. The van der Waals surface area contributed by atoms with E-state index in [2.05, 4.69) is 34.7 Å². The van der Waals surface area contributed by atoms with E-state index in [0.29, 0.717) is 18.0 Å². The smallest absolute Gasteiger partial charge is 0.191 e. The Bertz CT molecular complexity index is 627. The average molecular weight is 502 g/mol. The summed E-state index contributed by atoms with van der Waals surface area (Å²) in [5.74, 6) is 3.60. The monoisotopic (exact) mass is 502 g/mol. The van der Waals surface area contributed by atoms with E-state index in [1.54, 1.807) is 0 Å². The van der Waals surface area contributed by atoms with Gasteiger partial charge in [-0.2, -0.15) is 0 Å². The van der Waals surface area contributed by atoms with Gasteiger partial charge in [0.05, 0.1) is 0 Å². The minimum absolute atomic E-state index is 0. The highest BCUT2D eigenvalue weighted by molar-refractivity contribution is 14.0. The number of nitrogens with one attached hydrogen (secondary N) is 2.